The first-order valence-electron chi connectivity index (χ1n) is 7.18. The van der Waals surface area contributed by atoms with Gasteiger partial charge in [0.25, 0.3) is 0 Å². The summed E-state index contributed by atoms with van der Waals surface area (Å²) in [5.41, 5.74) is 9.37. The molecule has 1 aromatic heterocycles. The molecule has 0 fully saturated rings. The molecule has 22 heavy (non-hydrogen) atoms. The van der Waals surface area contributed by atoms with Gasteiger partial charge < -0.3 is 15.6 Å². The van der Waals surface area contributed by atoms with Gasteiger partial charge in [-0.05, 0) is 43.5 Å². The van der Waals surface area contributed by atoms with E-state index < -0.39 is 0 Å². The molecule has 0 saturated carbocycles. The fourth-order valence-corrected chi connectivity index (χ4v) is 2.49. The van der Waals surface area contributed by atoms with E-state index in [4.69, 9.17) is 5.73 Å². The predicted octanol–water partition coefficient (Wildman–Crippen LogP) is 2.39. The predicted molar refractivity (Wildman–Crippen MR) is 98.6 cm³/mol. The highest BCUT2D eigenvalue weighted by atomic mass is 127. The average Bonchev–Trinajstić information content (AvgIpc) is 3.04. The molecule has 0 bridgehead atoms. The number of aliphatic imine (C=N–C) groups is 1. The number of nitrogens with two attached hydrogens (primary N) is 1. The molecule has 3 N–H and O–H groups in total. The van der Waals surface area contributed by atoms with E-state index in [0.29, 0.717) is 12.5 Å². The van der Waals surface area contributed by atoms with Gasteiger partial charge in [-0.2, -0.15) is 0 Å². The smallest absolute Gasteiger partial charge is 0.193 e. The SMILES string of the molecule is Cc1ccc(NC(N)=NCc2nnc3n2CCC3)cc1C.I. The molecule has 1 aromatic carbocycles. The summed E-state index contributed by atoms with van der Waals surface area (Å²) in [6.07, 6.45) is 2.14. The van der Waals surface area contributed by atoms with Gasteiger partial charge >= 0.3 is 0 Å². The number of hydrogen-bond donors (Lipinski definition) is 2. The van der Waals surface area contributed by atoms with Crippen molar-refractivity contribution in [2.24, 2.45) is 10.7 Å². The monoisotopic (exact) mass is 412 g/mol. The van der Waals surface area contributed by atoms with Gasteiger partial charge in [0.15, 0.2) is 11.8 Å². The topological polar surface area (TPSA) is 81.1 Å². The van der Waals surface area contributed by atoms with Gasteiger partial charge in [-0.1, -0.05) is 6.07 Å². The molecule has 0 aliphatic carbocycles. The molecule has 7 heteroatoms. The van der Waals surface area contributed by atoms with Gasteiger partial charge in [-0.15, -0.1) is 34.2 Å². The second-order valence-corrected chi connectivity index (χ2v) is 5.41. The summed E-state index contributed by atoms with van der Waals surface area (Å²) in [5, 5.41) is 11.4. The van der Waals surface area contributed by atoms with Crippen LogP contribution < -0.4 is 11.1 Å². The van der Waals surface area contributed by atoms with Gasteiger partial charge in [-0.3, -0.25) is 0 Å². The van der Waals surface area contributed by atoms with Crippen LogP contribution >= 0.6 is 24.0 Å². The molecule has 0 radical (unpaired) electrons. The van der Waals surface area contributed by atoms with E-state index in [2.05, 4.69) is 51.1 Å². The van der Waals surface area contributed by atoms with E-state index >= 15 is 0 Å². The third kappa shape index (κ3) is 3.57. The lowest BCUT2D eigenvalue weighted by Gasteiger charge is -2.08. The van der Waals surface area contributed by atoms with E-state index in [-0.39, 0.29) is 24.0 Å². The first-order valence-corrected chi connectivity index (χ1v) is 7.18. The van der Waals surface area contributed by atoms with Gasteiger partial charge in [0.05, 0.1) is 0 Å². The van der Waals surface area contributed by atoms with Crippen molar-refractivity contribution >= 4 is 35.6 Å². The molecule has 1 aliphatic heterocycles. The van der Waals surface area contributed by atoms with Crippen LogP contribution in [0.15, 0.2) is 23.2 Å². The van der Waals surface area contributed by atoms with Crippen LogP contribution in [0.5, 0.6) is 0 Å². The van der Waals surface area contributed by atoms with Crippen molar-refractivity contribution in [3.8, 4) is 0 Å². The Hall–Kier alpha value is -1.64. The standard InChI is InChI=1S/C15H20N6.HI/c1-10-5-6-12(8-11(10)2)18-15(16)17-9-14-20-19-13-4-3-7-21(13)14;/h5-6,8H,3-4,7,9H2,1-2H3,(H3,16,17,18);1H. The van der Waals surface area contributed by atoms with E-state index in [0.717, 1.165) is 36.7 Å². The summed E-state index contributed by atoms with van der Waals surface area (Å²) in [6, 6.07) is 6.13. The molecule has 0 amide bonds. The Kier molecular flexibility index (Phi) is 5.38. The van der Waals surface area contributed by atoms with Crippen LogP contribution in [-0.4, -0.2) is 20.7 Å². The van der Waals surface area contributed by atoms with Crippen LogP contribution in [0.1, 0.15) is 29.2 Å². The Morgan fingerprint density at radius 1 is 1.32 bits per heavy atom. The van der Waals surface area contributed by atoms with Gasteiger partial charge in [0.1, 0.15) is 12.4 Å². The average molecular weight is 412 g/mol. The Balaban J connectivity index is 0.00000176. The highest BCUT2D eigenvalue weighted by molar-refractivity contribution is 14.0. The summed E-state index contributed by atoms with van der Waals surface area (Å²) in [6.45, 7) is 5.60. The van der Waals surface area contributed by atoms with Crippen LogP contribution in [0.4, 0.5) is 5.69 Å². The summed E-state index contributed by atoms with van der Waals surface area (Å²) in [7, 11) is 0. The highest BCUT2D eigenvalue weighted by Crippen LogP contribution is 2.15. The second-order valence-electron chi connectivity index (χ2n) is 5.41. The number of anilines is 1. The second kappa shape index (κ2) is 7.08. The van der Waals surface area contributed by atoms with Gasteiger partial charge in [-0.25, -0.2) is 4.99 Å². The van der Waals surface area contributed by atoms with E-state index in [1.54, 1.807) is 0 Å². The molecule has 118 valence electrons. The number of fused-ring (bicyclic) bond motifs is 1. The lowest BCUT2D eigenvalue weighted by Crippen LogP contribution is -2.23. The molecular weight excluding hydrogens is 391 g/mol. The van der Waals surface area contributed by atoms with Crippen LogP contribution in [0, 0.1) is 13.8 Å². The summed E-state index contributed by atoms with van der Waals surface area (Å²) in [5.74, 6) is 2.34. The normalized spacial score (nSPS) is 13.6. The highest BCUT2D eigenvalue weighted by Gasteiger charge is 2.16. The minimum atomic E-state index is 0. The van der Waals surface area contributed by atoms with Crippen LogP contribution in [-0.2, 0) is 19.5 Å². The quantitative estimate of drug-likeness (QED) is 0.461. The fourth-order valence-electron chi connectivity index (χ4n) is 2.49. The lowest BCUT2D eigenvalue weighted by atomic mass is 10.1. The molecule has 2 aromatic rings. The zero-order valence-corrected chi connectivity index (χ0v) is 15.2. The molecule has 0 saturated heterocycles. The van der Waals surface area contributed by atoms with Crippen molar-refractivity contribution in [3.05, 3.63) is 41.0 Å². The number of benzene rings is 1. The summed E-state index contributed by atoms with van der Waals surface area (Å²) >= 11 is 0. The van der Waals surface area contributed by atoms with E-state index in [9.17, 15) is 0 Å². The molecule has 0 atom stereocenters. The maximum Gasteiger partial charge on any atom is 0.193 e. The minimum absolute atomic E-state index is 0. The molecule has 0 spiro atoms. The largest absolute Gasteiger partial charge is 0.370 e. The molecule has 6 nitrogen and oxygen atoms in total. The third-order valence-electron chi connectivity index (χ3n) is 3.86. The lowest BCUT2D eigenvalue weighted by molar-refractivity contribution is 0.688. The number of aryl methyl sites for hydroxylation is 3. The first kappa shape index (κ1) is 16.7. The van der Waals surface area contributed by atoms with Gasteiger partial charge in [0, 0.05) is 18.7 Å². The van der Waals surface area contributed by atoms with Crippen molar-refractivity contribution in [1.29, 1.82) is 0 Å². The maximum absolute atomic E-state index is 5.94. The van der Waals surface area contributed by atoms with Crippen LogP contribution in [0.2, 0.25) is 0 Å². The van der Waals surface area contributed by atoms with Crippen molar-refractivity contribution in [1.82, 2.24) is 14.8 Å². The number of aromatic nitrogens is 3. The van der Waals surface area contributed by atoms with Crippen molar-refractivity contribution in [3.63, 3.8) is 0 Å². The Morgan fingerprint density at radius 2 is 2.14 bits per heavy atom. The Morgan fingerprint density at radius 3 is 2.91 bits per heavy atom. The number of guanidine groups is 1. The van der Waals surface area contributed by atoms with Crippen LogP contribution in [0.25, 0.3) is 0 Å². The zero-order valence-electron chi connectivity index (χ0n) is 12.8. The molecule has 2 heterocycles. The Labute approximate surface area is 147 Å². The molecular formula is C15H21IN6. The maximum atomic E-state index is 5.94. The number of halogens is 1. The number of hydrogen-bond acceptors (Lipinski definition) is 3. The first-order chi connectivity index (χ1) is 10.1. The number of nitrogens with zero attached hydrogens (tertiary/aromatic N) is 4. The Bertz CT molecular complexity index is 691. The summed E-state index contributed by atoms with van der Waals surface area (Å²) in [4.78, 5) is 4.35. The van der Waals surface area contributed by atoms with E-state index in [1.807, 2.05) is 6.07 Å². The van der Waals surface area contributed by atoms with Gasteiger partial charge in [0.2, 0.25) is 0 Å². The van der Waals surface area contributed by atoms with Crippen molar-refractivity contribution in [2.75, 3.05) is 5.32 Å². The fraction of sp³-hybridized carbons (Fsp3) is 0.400. The molecule has 3 rings (SSSR count). The number of rotatable bonds is 3. The molecule has 0 unspecified atom stereocenters. The summed E-state index contributed by atoms with van der Waals surface area (Å²) < 4.78 is 2.13. The van der Waals surface area contributed by atoms with Crippen molar-refractivity contribution < 1.29 is 0 Å². The minimum Gasteiger partial charge on any atom is -0.370 e. The number of nitrogens with one attached hydrogen (secondary N) is 1. The molecule has 1 aliphatic rings. The van der Waals surface area contributed by atoms with Crippen LogP contribution in [0.3, 0.4) is 0 Å². The zero-order chi connectivity index (χ0) is 14.8. The third-order valence-corrected chi connectivity index (χ3v) is 3.86. The van der Waals surface area contributed by atoms with Crippen molar-refractivity contribution in [2.45, 2.75) is 39.8 Å². The van der Waals surface area contributed by atoms with E-state index in [1.165, 1.54) is 11.1 Å².